The lowest BCUT2D eigenvalue weighted by Crippen LogP contribution is -2.32. The highest BCUT2D eigenvalue weighted by Gasteiger charge is 2.39. The van der Waals surface area contributed by atoms with E-state index in [0.29, 0.717) is 21.8 Å². The number of carbonyl (C=O) groups excluding carboxylic acids is 2. The van der Waals surface area contributed by atoms with Gasteiger partial charge >= 0.3 is 0 Å². The minimum absolute atomic E-state index is 0.177. The molecule has 0 saturated carbocycles. The van der Waals surface area contributed by atoms with E-state index in [1.165, 1.54) is 4.90 Å². The monoisotopic (exact) mass is 403 g/mol. The summed E-state index contributed by atoms with van der Waals surface area (Å²) in [5.74, 6) is -0.703. The average Bonchev–Trinajstić information content (AvgIpc) is 2.97. The maximum Gasteiger partial charge on any atom is 0.278 e. The molecular weight excluding hydrogens is 386 g/mol. The molecule has 2 aromatic carbocycles. The topological polar surface area (TPSA) is 62.3 Å². The second-order valence-electron chi connectivity index (χ2n) is 6.71. The van der Waals surface area contributed by atoms with E-state index in [9.17, 15) is 9.59 Å². The van der Waals surface area contributed by atoms with Crippen molar-refractivity contribution in [2.75, 3.05) is 5.32 Å². The third-order valence-corrected chi connectivity index (χ3v) is 5.26. The van der Waals surface area contributed by atoms with Crippen LogP contribution in [-0.2, 0) is 16.1 Å². The summed E-state index contributed by atoms with van der Waals surface area (Å²) < 4.78 is 0. The highest BCUT2D eigenvalue weighted by molar-refractivity contribution is 6.36. The van der Waals surface area contributed by atoms with Crippen molar-refractivity contribution >= 4 is 34.7 Å². The molecule has 5 nitrogen and oxygen atoms in total. The molecule has 3 aromatic rings. The first-order valence-electron chi connectivity index (χ1n) is 9.13. The van der Waals surface area contributed by atoms with Crippen LogP contribution in [0, 0.1) is 6.92 Å². The zero-order valence-corrected chi connectivity index (χ0v) is 16.5. The number of benzene rings is 2. The molecule has 6 heteroatoms. The normalized spacial score (nSPS) is 13.9. The summed E-state index contributed by atoms with van der Waals surface area (Å²) in [5, 5.41) is 3.75. The number of nitrogens with zero attached hydrogens (tertiary/aromatic N) is 2. The van der Waals surface area contributed by atoms with Crippen LogP contribution in [0.25, 0.3) is 5.57 Å². The highest BCUT2D eigenvalue weighted by atomic mass is 35.5. The zero-order chi connectivity index (χ0) is 20.4. The molecule has 1 N–H and O–H groups in total. The van der Waals surface area contributed by atoms with Crippen LogP contribution in [0.2, 0.25) is 5.02 Å². The van der Waals surface area contributed by atoms with Crippen LogP contribution >= 0.6 is 11.6 Å². The van der Waals surface area contributed by atoms with Crippen LogP contribution in [0.3, 0.4) is 0 Å². The zero-order valence-electron chi connectivity index (χ0n) is 15.7. The Hall–Kier alpha value is -3.44. The molecule has 0 bridgehead atoms. The van der Waals surface area contributed by atoms with Crippen LogP contribution in [0.15, 0.2) is 78.8 Å². The number of anilines is 1. The lowest BCUT2D eigenvalue weighted by atomic mass is 10.0. The van der Waals surface area contributed by atoms with Gasteiger partial charge in [-0.1, -0.05) is 48.0 Å². The van der Waals surface area contributed by atoms with E-state index in [0.717, 1.165) is 11.1 Å². The van der Waals surface area contributed by atoms with Gasteiger partial charge < -0.3 is 5.32 Å². The fraction of sp³-hybridized carbons (Fsp3) is 0.0870. The summed E-state index contributed by atoms with van der Waals surface area (Å²) >= 11 is 6.23. The molecule has 2 amide bonds. The quantitative estimate of drug-likeness (QED) is 0.640. The predicted octanol–water partition coefficient (Wildman–Crippen LogP) is 4.44. The summed E-state index contributed by atoms with van der Waals surface area (Å²) in [4.78, 5) is 31.7. The molecule has 1 aromatic heterocycles. The van der Waals surface area contributed by atoms with E-state index in [1.54, 1.807) is 36.7 Å². The molecule has 1 aliphatic rings. The Balaban J connectivity index is 1.76. The minimum Gasteiger partial charge on any atom is -0.350 e. The van der Waals surface area contributed by atoms with Gasteiger partial charge in [-0.2, -0.15) is 0 Å². The van der Waals surface area contributed by atoms with E-state index >= 15 is 0 Å². The molecular formula is C23H18ClN3O2. The SMILES string of the molecule is Cc1c(Cl)cccc1NC1=C(c2ccccc2)C(=O)N(Cc2ccncc2)C1=O. The molecule has 0 radical (unpaired) electrons. The van der Waals surface area contributed by atoms with Crippen molar-refractivity contribution in [1.29, 1.82) is 0 Å². The van der Waals surface area contributed by atoms with Gasteiger partial charge in [0.2, 0.25) is 0 Å². The molecule has 0 spiro atoms. The number of hydrogen-bond acceptors (Lipinski definition) is 4. The van der Waals surface area contributed by atoms with E-state index in [-0.39, 0.29) is 24.1 Å². The summed E-state index contributed by atoms with van der Waals surface area (Å²) in [7, 11) is 0. The van der Waals surface area contributed by atoms with Gasteiger partial charge in [-0.15, -0.1) is 0 Å². The van der Waals surface area contributed by atoms with E-state index in [4.69, 9.17) is 11.6 Å². The van der Waals surface area contributed by atoms with Crippen molar-refractivity contribution < 1.29 is 9.59 Å². The standard InChI is InChI=1S/C23H18ClN3O2/c1-15-18(24)8-5-9-19(15)26-21-20(17-6-3-2-4-7-17)22(28)27(23(21)29)14-16-10-12-25-13-11-16/h2-13,26H,14H2,1H3. The smallest absolute Gasteiger partial charge is 0.278 e. The van der Waals surface area contributed by atoms with Crippen molar-refractivity contribution in [2.24, 2.45) is 0 Å². The first-order chi connectivity index (χ1) is 14.1. The lowest BCUT2D eigenvalue weighted by Gasteiger charge is -2.16. The Morgan fingerprint density at radius 3 is 2.38 bits per heavy atom. The number of pyridine rings is 1. The van der Waals surface area contributed by atoms with Gasteiger partial charge in [-0.3, -0.25) is 19.5 Å². The Morgan fingerprint density at radius 2 is 1.66 bits per heavy atom. The Bertz CT molecular complexity index is 1110. The number of nitrogens with one attached hydrogen (secondary N) is 1. The molecule has 2 heterocycles. The van der Waals surface area contributed by atoms with Crippen molar-refractivity contribution in [3.05, 3.63) is 100 Å². The second-order valence-corrected chi connectivity index (χ2v) is 7.11. The van der Waals surface area contributed by atoms with Crippen LogP contribution in [0.5, 0.6) is 0 Å². The third-order valence-electron chi connectivity index (χ3n) is 4.85. The van der Waals surface area contributed by atoms with Gasteiger partial charge in [0, 0.05) is 23.1 Å². The number of rotatable bonds is 5. The van der Waals surface area contributed by atoms with Gasteiger partial charge in [0.25, 0.3) is 11.8 Å². The summed E-state index contributed by atoms with van der Waals surface area (Å²) in [6.45, 7) is 2.04. The van der Waals surface area contributed by atoms with E-state index < -0.39 is 0 Å². The third kappa shape index (κ3) is 3.65. The van der Waals surface area contributed by atoms with Gasteiger partial charge in [0.15, 0.2) is 0 Å². The number of imide groups is 1. The molecule has 29 heavy (non-hydrogen) atoms. The maximum atomic E-state index is 13.2. The van der Waals surface area contributed by atoms with E-state index in [2.05, 4.69) is 10.3 Å². The first kappa shape index (κ1) is 18.9. The highest BCUT2D eigenvalue weighted by Crippen LogP contribution is 2.33. The van der Waals surface area contributed by atoms with Gasteiger partial charge in [-0.05, 0) is 47.9 Å². The molecule has 0 unspecified atom stereocenters. The fourth-order valence-electron chi connectivity index (χ4n) is 3.26. The molecule has 0 atom stereocenters. The molecule has 0 saturated heterocycles. The molecule has 1 aliphatic heterocycles. The minimum atomic E-state index is -0.370. The van der Waals surface area contributed by atoms with Crippen molar-refractivity contribution in [1.82, 2.24) is 9.88 Å². The van der Waals surface area contributed by atoms with Gasteiger partial charge in [0.05, 0.1) is 12.1 Å². The number of halogens is 1. The fourth-order valence-corrected chi connectivity index (χ4v) is 3.43. The van der Waals surface area contributed by atoms with Crippen LogP contribution < -0.4 is 5.32 Å². The second kappa shape index (κ2) is 7.89. The Morgan fingerprint density at radius 1 is 0.931 bits per heavy atom. The number of carbonyl (C=O) groups is 2. The molecule has 0 aliphatic carbocycles. The van der Waals surface area contributed by atoms with Crippen LogP contribution in [0.1, 0.15) is 16.7 Å². The van der Waals surface area contributed by atoms with Crippen molar-refractivity contribution in [3.8, 4) is 0 Å². The first-order valence-corrected chi connectivity index (χ1v) is 9.51. The average molecular weight is 404 g/mol. The number of aromatic nitrogens is 1. The van der Waals surface area contributed by atoms with E-state index in [1.807, 2.05) is 43.3 Å². The van der Waals surface area contributed by atoms with Gasteiger partial charge in [-0.25, -0.2) is 0 Å². The summed E-state index contributed by atoms with van der Waals surface area (Å²) in [6, 6.07) is 18.2. The Labute approximate surface area is 173 Å². The molecule has 0 fully saturated rings. The largest absolute Gasteiger partial charge is 0.350 e. The number of hydrogen-bond donors (Lipinski definition) is 1. The van der Waals surface area contributed by atoms with Crippen LogP contribution in [0.4, 0.5) is 5.69 Å². The Kier molecular flexibility index (Phi) is 5.14. The lowest BCUT2D eigenvalue weighted by molar-refractivity contribution is -0.137. The maximum absolute atomic E-state index is 13.2. The van der Waals surface area contributed by atoms with Gasteiger partial charge in [0.1, 0.15) is 5.70 Å². The molecule has 144 valence electrons. The van der Waals surface area contributed by atoms with Crippen LogP contribution in [-0.4, -0.2) is 21.7 Å². The summed E-state index contributed by atoms with van der Waals surface area (Å²) in [6.07, 6.45) is 3.28. The number of amides is 2. The van der Waals surface area contributed by atoms with Crippen molar-refractivity contribution in [3.63, 3.8) is 0 Å². The predicted molar refractivity (Wildman–Crippen MR) is 113 cm³/mol. The molecule has 4 rings (SSSR count). The summed E-state index contributed by atoms with van der Waals surface area (Å²) in [5.41, 5.74) is 3.61. The van der Waals surface area contributed by atoms with Crippen molar-refractivity contribution in [2.45, 2.75) is 13.5 Å².